The van der Waals surface area contributed by atoms with Gasteiger partial charge in [0.25, 0.3) is 5.56 Å². The van der Waals surface area contributed by atoms with Crippen molar-refractivity contribution >= 4 is 37.5 Å². The number of hydrogen-bond donors (Lipinski definition) is 1. The minimum atomic E-state index is -0.0787. The molecule has 6 heteroatoms. The van der Waals surface area contributed by atoms with Gasteiger partial charge in [-0.1, -0.05) is 28.9 Å². The minimum absolute atomic E-state index is 0.0787. The largest absolute Gasteiger partial charge is 0.375 e. The summed E-state index contributed by atoms with van der Waals surface area (Å²) in [5.41, 5.74) is 0.468. The lowest BCUT2D eigenvalue weighted by atomic mass is 9.85. The van der Waals surface area contributed by atoms with E-state index in [1.165, 1.54) is 19.3 Å². The van der Waals surface area contributed by atoms with E-state index in [1.807, 2.05) is 0 Å². The van der Waals surface area contributed by atoms with Gasteiger partial charge in [-0.05, 0) is 34.7 Å². The van der Waals surface area contributed by atoms with Crippen molar-refractivity contribution < 1.29 is 0 Å². The summed E-state index contributed by atoms with van der Waals surface area (Å²) >= 11 is 6.61. The lowest BCUT2D eigenvalue weighted by Crippen LogP contribution is -2.31. The van der Waals surface area contributed by atoms with Gasteiger partial charge in [-0.15, -0.1) is 0 Å². The molecule has 0 radical (unpaired) electrons. The summed E-state index contributed by atoms with van der Waals surface area (Å²) in [5.74, 6) is 0.607. The smallest absolute Gasteiger partial charge is 0.291 e. The van der Waals surface area contributed by atoms with Crippen molar-refractivity contribution in [3.63, 3.8) is 0 Å². The highest BCUT2D eigenvalue weighted by atomic mass is 79.9. The van der Waals surface area contributed by atoms with Crippen molar-refractivity contribution in [3.05, 3.63) is 32.1 Å². The first-order valence-electron chi connectivity index (χ1n) is 5.90. The Bertz CT molecular complexity index is 509. The van der Waals surface area contributed by atoms with E-state index in [-0.39, 0.29) is 5.56 Å². The number of nitrogens with zero attached hydrogens (tertiary/aromatic N) is 2. The molecule has 1 aromatic rings. The van der Waals surface area contributed by atoms with E-state index in [1.54, 1.807) is 10.9 Å². The van der Waals surface area contributed by atoms with Crippen molar-refractivity contribution in [2.45, 2.75) is 25.8 Å². The quantitative estimate of drug-likeness (QED) is 0.858. The van der Waals surface area contributed by atoms with Gasteiger partial charge in [-0.2, -0.15) is 5.10 Å². The molecular formula is C12H15Br2N3O. The third-order valence-electron chi connectivity index (χ3n) is 3.11. The van der Waals surface area contributed by atoms with Crippen LogP contribution in [0.15, 0.2) is 26.5 Å². The van der Waals surface area contributed by atoms with Crippen LogP contribution in [0.5, 0.6) is 0 Å². The molecule has 98 valence electrons. The fourth-order valence-electron chi connectivity index (χ4n) is 1.86. The number of halogens is 2. The molecule has 0 saturated heterocycles. The van der Waals surface area contributed by atoms with E-state index >= 15 is 0 Å². The predicted molar refractivity (Wildman–Crippen MR) is 80.1 cm³/mol. The van der Waals surface area contributed by atoms with Crippen molar-refractivity contribution in [3.8, 4) is 0 Å². The lowest BCUT2D eigenvalue weighted by molar-refractivity contribution is 0.262. The van der Waals surface area contributed by atoms with Crippen LogP contribution in [0.3, 0.4) is 0 Å². The normalized spacial score (nSPS) is 15.2. The monoisotopic (exact) mass is 375 g/mol. The van der Waals surface area contributed by atoms with Crippen molar-refractivity contribution in [1.29, 1.82) is 0 Å². The topological polar surface area (TPSA) is 46.9 Å². The number of aromatic nitrogens is 2. The van der Waals surface area contributed by atoms with E-state index in [0.717, 1.165) is 11.0 Å². The van der Waals surface area contributed by atoms with Gasteiger partial charge in [-0.25, -0.2) is 4.68 Å². The van der Waals surface area contributed by atoms with Crippen LogP contribution >= 0.6 is 31.9 Å². The highest BCUT2D eigenvalue weighted by Gasteiger charge is 2.20. The first kappa shape index (κ1) is 13.8. The number of anilines is 1. The maximum Gasteiger partial charge on any atom is 0.291 e. The molecule has 18 heavy (non-hydrogen) atoms. The highest BCUT2D eigenvalue weighted by molar-refractivity contribution is 9.11. The third kappa shape index (κ3) is 3.23. The molecule has 0 unspecified atom stereocenters. The zero-order valence-corrected chi connectivity index (χ0v) is 13.1. The summed E-state index contributed by atoms with van der Waals surface area (Å²) in [6.07, 6.45) is 5.33. The summed E-state index contributed by atoms with van der Waals surface area (Å²) in [6.45, 7) is 4.97. The first-order chi connectivity index (χ1) is 8.58. The van der Waals surface area contributed by atoms with Crippen molar-refractivity contribution in [2.75, 3.05) is 11.9 Å². The molecule has 0 bridgehead atoms. The van der Waals surface area contributed by atoms with Crippen LogP contribution in [0.25, 0.3) is 0 Å². The van der Waals surface area contributed by atoms with Gasteiger partial charge in [0.1, 0.15) is 5.69 Å². The number of rotatable bonds is 5. The molecule has 1 fully saturated rings. The lowest BCUT2D eigenvalue weighted by Gasteiger charge is -2.25. The Labute approximate surface area is 123 Å². The molecule has 1 N–H and O–H groups in total. The molecule has 0 aliphatic heterocycles. The Hall–Kier alpha value is -0.620. The molecular weight excluding hydrogens is 362 g/mol. The van der Waals surface area contributed by atoms with Crippen LogP contribution in [0, 0.1) is 5.92 Å². The summed E-state index contributed by atoms with van der Waals surface area (Å²) in [7, 11) is 0. The molecule has 1 saturated carbocycles. The van der Waals surface area contributed by atoms with E-state index in [2.05, 4.69) is 48.9 Å². The second-order valence-corrected chi connectivity index (χ2v) is 6.50. The van der Waals surface area contributed by atoms with Gasteiger partial charge in [0.05, 0.1) is 10.7 Å². The Balaban J connectivity index is 2.18. The highest BCUT2D eigenvalue weighted by Crippen LogP contribution is 2.27. The van der Waals surface area contributed by atoms with E-state index < -0.39 is 0 Å². The summed E-state index contributed by atoms with van der Waals surface area (Å²) in [4.78, 5) is 12.2. The Kier molecular flexibility index (Phi) is 4.61. The van der Waals surface area contributed by atoms with Gasteiger partial charge in [0.15, 0.2) is 0 Å². The number of nitrogens with one attached hydrogen (secondary N) is 1. The molecule has 0 aromatic carbocycles. The average Bonchev–Trinajstić information content (AvgIpc) is 2.25. The summed E-state index contributed by atoms with van der Waals surface area (Å²) in [5, 5.41) is 7.23. The average molecular weight is 377 g/mol. The molecule has 0 spiro atoms. The summed E-state index contributed by atoms with van der Waals surface area (Å²) < 4.78 is 3.04. The Morgan fingerprint density at radius 2 is 2.33 bits per heavy atom. The van der Waals surface area contributed by atoms with Crippen molar-refractivity contribution in [2.24, 2.45) is 5.92 Å². The molecule has 4 nitrogen and oxygen atoms in total. The zero-order chi connectivity index (χ0) is 13.1. The molecule has 2 rings (SSSR count). The molecule has 1 aliphatic carbocycles. The van der Waals surface area contributed by atoms with Crippen LogP contribution in [0.2, 0.25) is 0 Å². The predicted octanol–water partition coefficient (Wildman–Crippen LogP) is 3.13. The first-order valence-corrected chi connectivity index (χ1v) is 7.49. The van der Waals surface area contributed by atoms with Crippen LogP contribution in [0.4, 0.5) is 5.69 Å². The van der Waals surface area contributed by atoms with Gasteiger partial charge in [0, 0.05) is 17.6 Å². The SMILES string of the molecule is C=C(Br)CNc1c(Br)cnn(CC2CCC2)c1=O. The minimum Gasteiger partial charge on any atom is -0.375 e. The fraction of sp³-hybridized carbons (Fsp3) is 0.500. The number of hydrogen-bond acceptors (Lipinski definition) is 3. The Morgan fingerprint density at radius 3 is 2.89 bits per heavy atom. The molecule has 0 amide bonds. The van der Waals surface area contributed by atoms with Crippen LogP contribution in [0.1, 0.15) is 19.3 Å². The molecule has 1 aromatic heterocycles. The molecule has 0 atom stereocenters. The van der Waals surface area contributed by atoms with Crippen LogP contribution in [-0.4, -0.2) is 16.3 Å². The van der Waals surface area contributed by atoms with E-state index in [0.29, 0.717) is 22.6 Å². The van der Waals surface area contributed by atoms with Gasteiger partial charge in [-0.3, -0.25) is 4.79 Å². The van der Waals surface area contributed by atoms with Gasteiger partial charge >= 0.3 is 0 Å². The third-order valence-corrected chi connectivity index (χ3v) is 3.99. The second kappa shape index (κ2) is 6.02. The molecule has 1 heterocycles. The van der Waals surface area contributed by atoms with E-state index in [4.69, 9.17) is 0 Å². The van der Waals surface area contributed by atoms with Crippen LogP contribution < -0.4 is 10.9 Å². The van der Waals surface area contributed by atoms with E-state index in [9.17, 15) is 4.79 Å². The molecule has 1 aliphatic rings. The van der Waals surface area contributed by atoms with Gasteiger partial charge < -0.3 is 5.32 Å². The fourth-order valence-corrected chi connectivity index (χ4v) is 2.40. The standard InChI is InChI=1S/C12H15Br2N3O/c1-8(13)5-15-11-10(14)6-16-17(12(11)18)7-9-3-2-4-9/h6,9,15H,1-5,7H2. The zero-order valence-electron chi connectivity index (χ0n) is 9.96. The Morgan fingerprint density at radius 1 is 1.61 bits per heavy atom. The maximum absolute atomic E-state index is 12.2. The van der Waals surface area contributed by atoms with Gasteiger partial charge in [0.2, 0.25) is 0 Å². The summed E-state index contributed by atoms with van der Waals surface area (Å²) in [6, 6.07) is 0. The van der Waals surface area contributed by atoms with Crippen LogP contribution in [-0.2, 0) is 6.54 Å². The second-order valence-electron chi connectivity index (χ2n) is 4.52. The maximum atomic E-state index is 12.2. The van der Waals surface area contributed by atoms with Crippen molar-refractivity contribution in [1.82, 2.24) is 9.78 Å².